The lowest BCUT2D eigenvalue weighted by atomic mass is 10.0. The van der Waals surface area contributed by atoms with Gasteiger partial charge in [-0.2, -0.15) is 10.5 Å². The minimum atomic E-state index is 0.539. The van der Waals surface area contributed by atoms with Gasteiger partial charge in [-0.15, -0.1) is 0 Å². The summed E-state index contributed by atoms with van der Waals surface area (Å²) in [5.74, 6) is 0. The van der Waals surface area contributed by atoms with Crippen LogP contribution in [0.25, 0.3) is 17.3 Å². The molecule has 0 atom stereocenters. The number of nitriles is 2. The Morgan fingerprint density at radius 1 is 1.04 bits per heavy atom. The van der Waals surface area contributed by atoms with E-state index >= 15 is 0 Å². The van der Waals surface area contributed by atoms with Crippen molar-refractivity contribution in [3.8, 4) is 17.8 Å². The van der Waals surface area contributed by atoms with Crippen LogP contribution in [0.4, 0.5) is 0 Å². The van der Waals surface area contributed by atoms with Crippen molar-refractivity contribution in [3.63, 3.8) is 0 Å². The Hall–Kier alpha value is -3.08. The van der Waals surface area contributed by atoms with Gasteiger partial charge in [0, 0.05) is 21.5 Å². The number of rotatable bonds is 3. The van der Waals surface area contributed by atoms with Crippen molar-refractivity contribution in [1.29, 1.82) is 10.5 Å². The van der Waals surface area contributed by atoms with E-state index in [9.17, 15) is 5.26 Å². The summed E-state index contributed by atoms with van der Waals surface area (Å²) in [6.07, 6.45) is 1.89. The van der Waals surface area contributed by atoms with Crippen molar-refractivity contribution in [1.82, 2.24) is 4.57 Å². The molecule has 3 rings (SSSR count). The van der Waals surface area contributed by atoms with Gasteiger partial charge in [-0.3, -0.25) is 0 Å². The van der Waals surface area contributed by atoms with Crippen LogP contribution in [0.5, 0.6) is 0 Å². The molecule has 0 fully saturated rings. The molecule has 0 aliphatic rings. The predicted molar refractivity (Wildman–Crippen MR) is 112 cm³/mol. The van der Waals surface area contributed by atoms with Gasteiger partial charge in [-0.05, 0) is 73.9 Å². The first kappa shape index (κ1) is 18.7. The maximum absolute atomic E-state index is 9.64. The fourth-order valence-electron chi connectivity index (χ4n) is 3.14. The molecule has 132 valence electrons. The van der Waals surface area contributed by atoms with Crippen LogP contribution in [0.3, 0.4) is 0 Å². The highest BCUT2D eigenvalue weighted by Gasteiger charge is 2.12. The van der Waals surface area contributed by atoms with Gasteiger partial charge >= 0.3 is 0 Å². The lowest BCUT2D eigenvalue weighted by Crippen LogP contribution is -1.99. The summed E-state index contributed by atoms with van der Waals surface area (Å²) in [4.78, 5) is 0. The van der Waals surface area contributed by atoms with Crippen LogP contribution >= 0.6 is 15.9 Å². The Balaban J connectivity index is 2.10. The van der Waals surface area contributed by atoms with Crippen LogP contribution in [0, 0.1) is 43.4 Å². The average Bonchev–Trinajstić information content (AvgIpc) is 2.95. The molecule has 0 radical (unpaired) electrons. The molecule has 1 aromatic heterocycles. The van der Waals surface area contributed by atoms with Crippen LogP contribution in [-0.2, 0) is 0 Å². The molecule has 0 N–H and O–H groups in total. The zero-order valence-electron chi connectivity index (χ0n) is 15.4. The highest BCUT2D eigenvalue weighted by Crippen LogP contribution is 2.27. The maximum Gasteiger partial charge on any atom is 0.0998 e. The van der Waals surface area contributed by atoms with Crippen LogP contribution in [0.15, 0.2) is 53.0 Å². The first-order chi connectivity index (χ1) is 12.9. The van der Waals surface area contributed by atoms with E-state index < -0.39 is 0 Å². The number of allylic oxidation sites excluding steroid dienone is 1. The van der Waals surface area contributed by atoms with E-state index in [1.54, 1.807) is 18.2 Å². The van der Waals surface area contributed by atoms with Crippen LogP contribution in [-0.4, -0.2) is 4.57 Å². The average molecular weight is 416 g/mol. The smallest absolute Gasteiger partial charge is 0.0998 e. The molecule has 0 saturated heterocycles. The largest absolute Gasteiger partial charge is 0.318 e. The summed E-state index contributed by atoms with van der Waals surface area (Å²) in [5, 5.41) is 18.7. The van der Waals surface area contributed by atoms with Crippen LogP contribution < -0.4 is 0 Å². The lowest BCUT2D eigenvalue weighted by molar-refractivity contribution is 0.962. The molecular weight excluding hydrogens is 398 g/mol. The van der Waals surface area contributed by atoms with Gasteiger partial charge in [0.25, 0.3) is 0 Å². The topological polar surface area (TPSA) is 52.5 Å². The molecule has 4 heteroatoms. The van der Waals surface area contributed by atoms with Gasteiger partial charge < -0.3 is 4.57 Å². The molecule has 0 amide bonds. The second-order valence-corrected chi connectivity index (χ2v) is 7.31. The summed E-state index contributed by atoms with van der Waals surface area (Å²) in [5.41, 5.74) is 7.24. The van der Waals surface area contributed by atoms with E-state index in [-0.39, 0.29) is 0 Å². The maximum atomic E-state index is 9.64. The van der Waals surface area contributed by atoms with Crippen molar-refractivity contribution >= 4 is 27.6 Å². The number of halogens is 1. The zero-order valence-corrected chi connectivity index (χ0v) is 17.0. The molecule has 0 aliphatic heterocycles. The molecule has 0 saturated carbocycles. The number of aromatic nitrogens is 1. The fraction of sp³-hybridized carbons (Fsp3) is 0.130. The third kappa shape index (κ3) is 3.72. The molecule has 0 spiro atoms. The molecule has 0 unspecified atom stereocenters. The second kappa shape index (κ2) is 7.66. The lowest BCUT2D eigenvalue weighted by Gasteiger charge is -2.11. The Bertz CT molecular complexity index is 1140. The summed E-state index contributed by atoms with van der Waals surface area (Å²) < 4.78 is 3.24. The standard InChI is InChI=1S/C23H18BrN3/c1-15-7-8-22(12-23(15)24)27-16(2)9-20(17(27)3)11-21(14-26)19-6-4-5-18(10-19)13-25/h4-12H,1-3H3/b21-11-. The molecule has 1 heterocycles. The van der Waals surface area contributed by atoms with E-state index in [1.165, 1.54) is 5.56 Å². The molecule has 3 aromatic rings. The highest BCUT2D eigenvalue weighted by molar-refractivity contribution is 9.10. The Kier molecular flexibility index (Phi) is 5.31. The van der Waals surface area contributed by atoms with Crippen LogP contribution in [0.2, 0.25) is 0 Å². The SMILES string of the molecule is Cc1ccc(-n2c(C)cc(/C=C(/C#N)c3cccc(C#N)c3)c2C)cc1Br. The molecular formula is C23H18BrN3. The summed E-state index contributed by atoms with van der Waals surface area (Å²) in [6, 6.07) is 19.9. The molecule has 3 nitrogen and oxygen atoms in total. The molecule has 0 bridgehead atoms. The second-order valence-electron chi connectivity index (χ2n) is 6.46. The summed E-state index contributed by atoms with van der Waals surface area (Å²) >= 11 is 3.60. The van der Waals surface area contributed by atoms with Gasteiger partial charge in [0.2, 0.25) is 0 Å². The van der Waals surface area contributed by atoms with Crippen molar-refractivity contribution in [2.75, 3.05) is 0 Å². The van der Waals surface area contributed by atoms with Crippen LogP contribution in [0.1, 0.15) is 33.6 Å². The van der Waals surface area contributed by atoms with Crippen molar-refractivity contribution in [3.05, 3.63) is 86.6 Å². The van der Waals surface area contributed by atoms with E-state index in [1.807, 2.05) is 19.1 Å². The van der Waals surface area contributed by atoms with Gasteiger partial charge in [-0.25, -0.2) is 0 Å². The first-order valence-corrected chi connectivity index (χ1v) is 9.31. The highest BCUT2D eigenvalue weighted by atomic mass is 79.9. The third-order valence-corrected chi connectivity index (χ3v) is 5.46. The van der Waals surface area contributed by atoms with E-state index in [0.717, 1.165) is 32.7 Å². The molecule has 0 aliphatic carbocycles. The zero-order chi connectivity index (χ0) is 19.6. The van der Waals surface area contributed by atoms with Gasteiger partial charge in [0.1, 0.15) is 0 Å². The van der Waals surface area contributed by atoms with E-state index in [4.69, 9.17) is 5.26 Å². The first-order valence-electron chi connectivity index (χ1n) is 8.52. The fourth-order valence-corrected chi connectivity index (χ4v) is 3.51. The predicted octanol–water partition coefficient (Wildman–Crippen LogP) is 6.10. The number of nitrogens with zero attached hydrogens (tertiary/aromatic N) is 3. The van der Waals surface area contributed by atoms with Crippen molar-refractivity contribution in [2.24, 2.45) is 0 Å². The number of hydrogen-bond acceptors (Lipinski definition) is 2. The van der Waals surface area contributed by atoms with Crippen molar-refractivity contribution < 1.29 is 0 Å². The van der Waals surface area contributed by atoms with Gasteiger partial charge in [0.15, 0.2) is 0 Å². The molecule has 2 aromatic carbocycles. The normalized spacial score (nSPS) is 11.1. The van der Waals surface area contributed by atoms with E-state index in [2.05, 4.69) is 70.7 Å². The number of hydrogen-bond donors (Lipinski definition) is 0. The van der Waals surface area contributed by atoms with Gasteiger partial charge in [-0.1, -0.05) is 34.1 Å². The molecule has 27 heavy (non-hydrogen) atoms. The Morgan fingerprint density at radius 2 is 1.81 bits per heavy atom. The number of benzene rings is 2. The Morgan fingerprint density at radius 3 is 2.48 bits per heavy atom. The number of aryl methyl sites for hydroxylation is 2. The summed E-state index contributed by atoms with van der Waals surface area (Å²) in [7, 11) is 0. The Labute approximate surface area is 167 Å². The van der Waals surface area contributed by atoms with Gasteiger partial charge in [0.05, 0.1) is 23.3 Å². The third-order valence-electron chi connectivity index (χ3n) is 4.61. The minimum absolute atomic E-state index is 0.539. The monoisotopic (exact) mass is 415 g/mol. The summed E-state index contributed by atoms with van der Waals surface area (Å²) in [6.45, 7) is 6.17. The van der Waals surface area contributed by atoms with Crippen molar-refractivity contribution in [2.45, 2.75) is 20.8 Å². The quantitative estimate of drug-likeness (QED) is 0.485. The van der Waals surface area contributed by atoms with E-state index in [0.29, 0.717) is 11.1 Å². The minimum Gasteiger partial charge on any atom is -0.318 e.